The average molecular weight is 340 g/mol. The van der Waals surface area contributed by atoms with Crippen molar-refractivity contribution in [1.82, 2.24) is 0 Å². The first-order valence-electron chi connectivity index (χ1n) is 7.05. The summed E-state index contributed by atoms with van der Waals surface area (Å²) in [5, 5.41) is 0. The van der Waals surface area contributed by atoms with E-state index in [-0.39, 0.29) is 5.75 Å². The van der Waals surface area contributed by atoms with Crippen LogP contribution in [0.3, 0.4) is 0 Å². The van der Waals surface area contributed by atoms with Crippen LogP contribution in [-0.2, 0) is 6.18 Å². The molecule has 0 aliphatic rings. The van der Waals surface area contributed by atoms with Gasteiger partial charge in [-0.25, -0.2) is 9.38 Å². The molecule has 0 amide bonds. The summed E-state index contributed by atoms with van der Waals surface area (Å²) in [4.78, 5) is 4.15. The fraction of sp³-hybridized carbons (Fsp3) is 0.235. The van der Waals surface area contributed by atoms with E-state index in [4.69, 9.17) is 10.5 Å². The molecule has 24 heavy (non-hydrogen) atoms. The van der Waals surface area contributed by atoms with Crippen LogP contribution in [0.2, 0.25) is 0 Å². The Morgan fingerprint density at radius 2 is 1.75 bits per heavy atom. The molecule has 0 radical (unpaired) electrons. The Bertz CT molecular complexity index is 794. The molecule has 0 aromatic heterocycles. The molecule has 2 aromatic rings. The highest BCUT2D eigenvalue weighted by atomic mass is 19.4. The molecule has 0 fully saturated rings. The van der Waals surface area contributed by atoms with Gasteiger partial charge in [0.1, 0.15) is 5.75 Å². The molecule has 2 rings (SSSR count). The van der Waals surface area contributed by atoms with Crippen LogP contribution in [0.25, 0.3) is 0 Å². The van der Waals surface area contributed by atoms with E-state index in [0.717, 1.165) is 12.1 Å². The highest BCUT2D eigenvalue weighted by Crippen LogP contribution is 2.37. The van der Waals surface area contributed by atoms with Gasteiger partial charge in [0.2, 0.25) is 0 Å². The lowest BCUT2D eigenvalue weighted by atomic mass is 10.1. The Labute approximate surface area is 136 Å². The molecule has 128 valence electrons. The Balaban J connectivity index is 2.43. The fourth-order valence-electron chi connectivity index (χ4n) is 2.12. The van der Waals surface area contributed by atoms with Crippen LogP contribution >= 0.6 is 0 Å². The molecule has 0 saturated carbocycles. The number of halogens is 4. The van der Waals surface area contributed by atoms with E-state index < -0.39 is 23.3 Å². The first-order valence-corrected chi connectivity index (χ1v) is 7.05. The van der Waals surface area contributed by atoms with Crippen molar-refractivity contribution >= 4 is 11.5 Å². The van der Waals surface area contributed by atoms with Gasteiger partial charge in [0.05, 0.1) is 17.1 Å². The molecule has 2 aromatic carbocycles. The number of hydrogen-bond acceptors (Lipinski definition) is 2. The second-order valence-electron chi connectivity index (χ2n) is 5.37. The molecule has 0 unspecified atom stereocenters. The monoisotopic (exact) mass is 340 g/mol. The van der Waals surface area contributed by atoms with Gasteiger partial charge in [0.15, 0.2) is 11.6 Å². The number of nitrogens with two attached hydrogens (primary N) is 1. The molecular weight excluding hydrogens is 324 g/mol. The van der Waals surface area contributed by atoms with Gasteiger partial charge < -0.3 is 10.5 Å². The fourth-order valence-corrected chi connectivity index (χ4v) is 2.12. The summed E-state index contributed by atoms with van der Waals surface area (Å²) in [6, 6.07) is 6.17. The molecular formula is C17H16F4N2O. The standard InChI is InChI=1S/C17H16F4N2O/c1-9-8-15(10(2)7-13(9)23-11(3)22)24-14-6-4-5-12(16(14)18)17(19,20)21/h4-8H,1-3H3,(H2,22,23). The van der Waals surface area contributed by atoms with Crippen LogP contribution in [0.4, 0.5) is 23.2 Å². The van der Waals surface area contributed by atoms with Gasteiger partial charge in [-0.05, 0) is 56.2 Å². The lowest BCUT2D eigenvalue weighted by Gasteiger charge is -2.14. The molecule has 0 atom stereocenters. The number of hydrogen-bond donors (Lipinski definition) is 1. The summed E-state index contributed by atoms with van der Waals surface area (Å²) in [7, 11) is 0. The Hall–Kier alpha value is -2.57. The minimum absolute atomic E-state index is 0.249. The zero-order valence-electron chi connectivity index (χ0n) is 13.3. The number of amidine groups is 1. The summed E-state index contributed by atoms with van der Waals surface area (Å²) in [5.74, 6) is -1.31. The van der Waals surface area contributed by atoms with E-state index in [0.29, 0.717) is 28.7 Å². The van der Waals surface area contributed by atoms with E-state index in [1.165, 1.54) is 0 Å². The summed E-state index contributed by atoms with van der Waals surface area (Å²) >= 11 is 0. The van der Waals surface area contributed by atoms with Gasteiger partial charge in [0.25, 0.3) is 0 Å². The molecule has 7 heteroatoms. The third-order valence-corrected chi connectivity index (χ3v) is 3.28. The van der Waals surface area contributed by atoms with E-state index >= 15 is 0 Å². The highest BCUT2D eigenvalue weighted by molar-refractivity contribution is 5.81. The van der Waals surface area contributed by atoms with E-state index in [2.05, 4.69) is 4.99 Å². The van der Waals surface area contributed by atoms with Crippen LogP contribution in [0.1, 0.15) is 23.6 Å². The van der Waals surface area contributed by atoms with Crippen LogP contribution in [-0.4, -0.2) is 5.84 Å². The van der Waals surface area contributed by atoms with Crippen molar-refractivity contribution in [3.8, 4) is 11.5 Å². The van der Waals surface area contributed by atoms with Crippen molar-refractivity contribution in [2.24, 2.45) is 10.7 Å². The third-order valence-electron chi connectivity index (χ3n) is 3.28. The predicted molar refractivity (Wildman–Crippen MR) is 84.3 cm³/mol. The van der Waals surface area contributed by atoms with Gasteiger partial charge in [-0.3, -0.25) is 0 Å². The number of alkyl halides is 3. The van der Waals surface area contributed by atoms with E-state index in [1.807, 2.05) is 0 Å². The van der Waals surface area contributed by atoms with Crippen molar-refractivity contribution in [2.75, 3.05) is 0 Å². The van der Waals surface area contributed by atoms with Crippen molar-refractivity contribution in [3.05, 3.63) is 52.8 Å². The summed E-state index contributed by atoms with van der Waals surface area (Å²) < 4.78 is 57.7. The largest absolute Gasteiger partial charge is 0.454 e. The molecule has 0 heterocycles. The van der Waals surface area contributed by atoms with Gasteiger partial charge in [-0.2, -0.15) is 13.2 Å². The Kier molecular flexibility index (Phi) is 4.82. The maximum Gasteiger partial charge on any atom is 0.419 e. The molecule has 0 aliphatic heterocycles. The topological polar surface area (TPSA) is 47.6 Å². The van der Waals surface area contributed by atoms with Crippen LogP contribution in [0.5, 0.6) is 11.5 Å². The molecule has 0 aliphatic carbocycles. The smallest absolute Gasteiger partial charge is 0.419 e. The summed E-state index contributed by atoms with van der Waals surface area (Å²) in [6.45, 7) is 5.07. The molecule has 0 bridgehead atoms. The van der Waals surface area contributed by atoms with E-state index in [1.54, 1.807) is 32.9 Å². The quantitative estimate of drug-likeness (QED) is 0.470. The summed E-state index contributed by atoms with van der Waals surface area (Å²) in [5.41, 5.74) is 6.09. The van der Waals surface area contributed by atoms with Gasteiger partial charge in [-0.1, -0.05) is 6.07 Å². The van der Waals surface area contributed by atoms with Crippen LogP contribution in [0.15, 0.2) is 35.3 Å². The van der Waals surface area contributed by atoms with Crippen LogP contribution < -0.4 is 10.5 Å². The van der Waals surface area contributed by atoms with Crippen molar-refractivity contribution in [3.63, 3.8) is 0 Å². The van der Waals surface area contributed by atoms with Gasteiger partial charge in [0, 0.05) is 0 Å². The predicted octanol–water partition coefficient (Wildman–Crippen LogP) is 5.26. The normalized spacial score (nSPS) is 12.4. The van der Waals surface area contributed by atoms with Crippen LogP contribution in [0, 0.1) is 19.7 Å². The maximum atomic E-state index is 14.1. The molecule has 2 N–H and O–H groups in total. The zero-order chi connectivity index (χ0) is 18.1. The number of rotatable bonds is 3. The molecule has 0 saturated heterocycles. The lowest BCUT2D eigenvalue weighted by molar-refractivity contribution is -0.140. The van der Waals surface area contributed by atoms with Gasteiger partial charge >= 0.3 is 6.18 Å². The average Bonchev–Trinajstić information content (AvgIpc) is 2.44. The maximum absolute atomic E-state index is 14.1. The lowest BCUT2D eigenvalue weighted by Crippen LogP contribution is -2.08. The number of nitrogens with zero attached hydrogens (tertiary/aromatic N) is 1. The minimum Gasteiger partial charge on any atom is -0.454 e. The second kappa shape index (κ2) is 6.51. The van der Waals surface area contributed by atoms with Gasteiger partial charge in [-0.15, -0.1) is 0 Å². The number of ether oxygens (including phenoxy) is 1. The SMILES string of the molecule is CC(N)=Nc1cc(C)c(Oc2cccc(C(F)(F)F)c2F)cc1C. The zero-order valence-corrected chi connectivity index (χ0v) is 13.3. The first kappa shape index (κ1) is 17.8. The number of benzene rings is 2. The minimum atomic E-state index is -4.79. The summed E-state index contributed by atoms with van der Waals surface area (Å²) in [6.07, 6.45) is -4.79. The van der Waals surface area contributed by atoms with Crippen molar-refractivity contribution < 1.29 is 22.3 Å². The number of aryl methyl sites for hydroxylation is 2. The highest BCUT2D eigenvalue weighted by Gasteiger charge is 2.35. The van der Waals surface area contributed by atoms with Crippen molar-refractivity contribution in [2.45, 2.75) is 26.9 Å². The van der Waals surface area contributed by atoms with Crippen molar-refractivity contribution in [1.29, 1.82) is 0 Å². The third kappa shape index (κ3) is 3.84. The van der Waals surface area contributed by atoms with E-state index in [9.17, 15) is 17.6 Å². The second-order valence-corrected chi connectivity index (χ2v) is 5.37. The Morgan fingerprint density at radius 3 is 2.33 bits per heavy atom. The number of aliphatic imine (C=N–C) groups is 1. The Morgan fingerprint density at radius 1 is 1.08 bits per heavy atom. The molecule has 0 spiro atoms. The molecule has 3 nitrogen and oxygen atoms in total. The first-order chi connectivity index (χ1) is 11.1.